The first kappa shape index (κ1) is 20.7. The number of rotatable bonds is 9. The number of hydrogen-bond donors (Lipinski definition) is 3. The lowest BCUT2D eigenvalue weighted by Crippen LogP contribution is -2.56. The molecule has 10 nitrogen and oxygen atoms in total. The van der Waals surface area contributed by atoms with Gasteiger partial charge in [-0.3, -0.25) is 4.99 Å². The third kappa shape index (κ3) is 6.61. The van der Waals surface area contributed by atoms with Crippen molar-refractivity contribution < 1.29 is 9.53 Å². The van der Waals surface area contributed by atoms with Crippen molar-refractivity contribution in [1.29, 1.82) is 0 Å². The number of likely N-dealkylation sites (N-methyl/N-ethyl adjacent to an activating group) is 1. The van der Waals surface area contributed by atoms with Gasteiger partial charge in [0.25, 0.3) is 5.95 Å². The van der Waals surface area contributed by atoms with E-state index in [0.717, 1.165) is 12.8 Å². The molecule has 0 radical (unpaired) electrons. The van der Waals surface area contributed by atoms with Gasteiger partial charge in [0.2, 0.25) is 0 Å². The van der Waals surface area contributed by atoms with Crippen LogP contribution in [-0.2, 0) is 4.74 Å². The first-order valence-corrected chi connectivity index (χ1v) is 8.44. The van der Waals surface area contributed by atoms with Crippen LogP contribution in [0.4, 0.5) is 10.7 Å². The predicted molar refractivity (Wildman–Crippen MR) is 99.8 cm³/mol. The number of carbonyl (C=O) groups excluding carboxylic acids is 1. The van der Waals surface area contributed by atoms with E-state index in [2.05, 4.69) is 30.9 Å². The van der Waals surface area contributed by atoms with Crippen molar-refractivity contribution in [3.05, 3.63) is 0 Å². The molecule has 0 spiro atoms. The minimum absolute atomic E-state index is 0.278. The molecular formula is C14H26N8O2S. The van der Waals surface area contributed by atoms with Crippen LogP contribution in [0.2, 0.25) is 0 Å². The summed E-state index contributed by atoms with van der Waals surface area (Å²) < 4.78 is 5.00. The molecule has 4 N–H and O–H groups in total. The Morgan fingerprint density at radius 1 is 1.52 bits per heavy atom. The van der Waals surface area contributed by atoms with E-state index in [1.807, 2.05) is 6.92 Å². The number of aromatic amines is 1. The first-order chi connectivity index (χ1) is 11.8. The minimum atomic E-state index is -0.807. The van der Waals surface area contributed by atoms with Crippen molar-refractivity contribution in [1.82, 2.24) is 25.9 Å². The zero-order valence-corrected chi connectivity index (χ0v) is 15.9. The Morgan fingerprint density at radius 2 is 2.24 bits per heavy atom. The van der Waals surface area contributed by atoms with E-state index in [4.69, 9.17) is 22.7 Å². The molecule has 0 saturated heterocycles. The number of amides is 1. The number of nitrogens with one attached hydrogen (secondary N) is 2. The average molecular weight is 370 g/mol. The molecule has 0 aliphatic heterocycles. The van der Waals surface area contributed by atoms with Gasteiger partial charge in [0.15, 0.2) is 0 Å². The molecule has 11 heteroatoms. The molecule has 0 aromatic carbocycles. The van der Waals surface area contributed by atoms with E-state index >= 15 is 0 Å². The van der Waals surface area contributed by atoms with Gasteiger partial charge in [0.05, 0.1) is 18.0 Å². The number of carbonyl (C=O) groups is 1. The molecule has 1 rings (SSSR count). The van der Waals surface area contributed by atoms with Crippen molar-refractivity contribution in [2.75, 3.05) is 25.1 Å². The number of thiocarbonyl (C=S) groups is 1. The molecule has 1 aromatic heterocycles. The number of aromatic nitrogens is 4. The highest BCUT2D eigenvalue weighted by atomic mass is 32.1. The second-order valence-electron chi connectivity index (χ2n) is 5.73. The summed E-state index contributed by atoms with van der Waals surface area (Å²) in [6, 6.07) is 0. The molecule has 0 bridgehead atoms. The fourth-order valence-electron chi connectivity index (χ4n) is 2.22. The average Bonchev–Trinajstić information content (AvgIpc) is 3.07. The molecule has 1 aromatic rings. The number of H-pyrrole nitrogens is 1. The van der Waals surface area contributed by atoms with Gasteiger partial charge in [0, 0.05) is 13.6 Å². The molecule has 0 aliphatic carbocycles. The number of hydrogen-bond acceptors (Lipinski definition) is 7. The molecule has 1 heterocycles. The smallest absolute Gasteiger partial charge is 0.407 e. The highest BCUT2D eigenvalue weighted by molar-refractivity contribution is 7.80. The van der Waals surface area contributed by atoms with Crippen LogP contribution in [0.5, 0.6) is 0 Å². The second-order valence-corrected chi connectivity index (χ2v) is 6.12. The molecule has 25 heavy (non-hydrogen) atoms. The van der Waals surface area contributed by atoms with Crippen LogP contribution < -0.4 is 16.0 Å². The minimum Gasteiger partial charge on any atom is -0.450 e. The van der Waals surface area contributed by atoms with Gasteiger partial charge in [-0.25, -0.2) is 4.79 Å². The lowest BCUT2D eigenvalue weighted by molar-refractivity contribution is 0.144. The van der Waals surface area contributed by atoms with E-state index in [1.54, 1.807) is 25.8 Å². The molecule has 1 amide bonds. The molecule has 1 unspecified atom stereocenters. The Kier molecular flexibility index (Phi) is 8.19. The molecule has 140 valence electrons. The van der Waals surface area contributed by atoms with E-state index < -0.39 is 11.6 Å². The van der Waals surface area contributed by atoms with Gasteiger partial charge in [-0.2, -0.15) is 5.21 Å². The van der Waals surface area contributed by atoms with Crippen LogP contribution in [0.25, 0.3) is 0 Å². The van der Waals surface area contributed by atoms with E-state index in [-0.39, 0.29) is 6.61 Å². The summed E-state index contributed by atoms with van der Waals surface area (Å²) in [5.74, 6) is 0.880. The van der Waals surface area contributed by atoms with Crippen molar-refractivity contribution in [3.8, 4) is 0 Å². The molecule has 1 atom stereocenters. The largest absolute Gasteiger partial charge is 0.450 e. The maximum atomic E-state index is 12.0. The molecule has 0 saturated carbocycles. The van der Waals surface area contributed by atoms with Gasteiger partial charge < -0.3 is 20.7 Å². The Labute approximate surface area is 152 Å². The topological polar surface area (TPSA) is 134 Å². The van der Waals surface area contributed by atoms with Crippen molar-refractivity contribution >= 4 is 35.1 Å². The Hall–Kier alpha value is -2.30. The fraction of sp³-hybridized carbons (Fsp3) is 0.714. The summed E-state index contributed by atoms with van der Waals surface area (Å²) in [6.45, 7) is 6.25. The summed E-state index contributed by atoms with van der Waals surface area (Å²) in [6.07, 6.45) is 1.69. The van der Waals surface area contributed by atoms with Gasteiger partial charge in [-0.1, -0.05) is 17.3 Å². The monoisotopic (exact) mass is 370 g/mol. The van der Waals surface area contributed by atoms with Gasteiger partial charge in [0.1, 0.15) is 4.99 Å². The van der Waals surface area contributed by atoms with Crippen molar-refractivity contribution in [2.45, 2.75) is 45.6 Å². The summed E-state index contributed by atoms with van der Waals surface area (Å²) in [5, 5.41) is 16.6. The quantitative estimate of drug-likeness (QED) is 0.254. The second kappa shape index (κ2) is 9.87. The summed E-state index contributed by atoms with van der Waals surface area (Å²) in [5.41, 5.74) is 4.72. The molecular weight excluding hydrogens is 344 g/mol. The van der Waals surface area contributed by atoms with Gasteiger partial charge in [-0.15, -0.1) is 5.10 Å². The lowest BCUT2D eigenvalue weighted by Gasteiger charge is -2.34. The summed E-state index contributed by atoms with van der Waals surface area (Å²) in [7, 11) is 1.72. The number of aliphatic imine (C=N–C) groups is 1. The zero-order chi connectivity index (χ0) is 18.9. The highest BCUT2D eigenvalue weighted by Crippen LogP contribution is 2.21. The zero-order valence-electron chi connectivity index (χ0n) is 15.1. The summed E-state index contributed by atoms with van der Waals surface area (Å²) >= 11 is 5.57. The molecule has 0 aliphatic rings. The number of nitrogens with zero attached hydrogens (tertiary/aromatic N) is 5. The number of nitrogens with two attached hydrogens (primary N) is 1. The Bertz CT molecular complexity index is 588. The molecule has 0 fully saturated rings. The Balaban J connectivity index is 2.80. The normalized spacial score (nSPS) is 13.8. The SMILES string of the molecule is CCOC(=O)NC(C)(CCCCN=C(C)N)C(=S)N(C)c1nn[nH]n1. The standard InChI is InChI=1S/C14H26N8O2S/c1-5-24-13(23)17-14(3,8-6-7-9-16-10(2)15)11(25)22(4)12-18-20-21-19-12/h5-9H2,1-4H3,(H2,15,16)(H,17,23)(H,18,19,20,21). The van der Waals surface area contributed by atoms with E-state index in [9.17, 15) is 4.79 Å². The van der Waals surface area contributed by atoms with Crippen LogP contribution >= 0.6 is 12.2 Å². The van der Waals surface area contributed by atoms with Crippen LogP contribution in [0.1, 0.15) is 40.0 Å². The van der Waals surface area contributed by atoms with Crippen LogP contribution in [0.3, 0.4) is 0 Å². The third-order valence-corrected chi connectivity index (χ3v) is 4.23. The van der Waals surface area contributed by atoms with Crippen molar-refractivity contribution in [3.63, 3.8) is 0 Å². The number of tetrazole rings is 1. The van der Waals surface area contributed by atoms with Crippen LogP contribution in [0.15, 0.2) is 4.99 Å². The number of unbranched alkanes of at least 4 members (excludes halogenated alkanes) is 1. The first-order valence-electron chi connectivity index (χ1n) is 8.03. The lowest BCUT2D eigenvalue weighted by atomic mass is 9.94. The van der Waals surface area contributed by atoms with Crippen LogP contribution in [0, 0.1) is 0 Å². The number of amidine groups is 1. The highest BCUT2D eigenvalue weighted by Gasteiger charge is 2.35. The van der Waals surface area contributed by atoms with Crippen molar-refractivity contribution in [2.24, 2.45) is 10.7 Å². The van der Waals surface area contributed by atoms with E-state index in [0.29, 0.717) is 29.7 Å². The maximum Gasteiger partial charge on any atom is 0.407 e. The number of anilines is 1. The van der Waals surface area contributed by atoms with Crippen LogP contribution in [-0.4, -0.2) is 63.3 Å². The maximum absolute atomic E-state index is 12.0. The van der Waals surface area contributed by atoms with Gasteiger partial charge in [-0.05, 0) is 45.2 Å². The predicted octanol–water partition coefficient (Wildman–Crippen LogP) is 1.02. The number of ether oxygens (including phenoxy) is 1. The third-order valence-electron chi connectivity index (χ3n) is 3.51. The fourth-order valence-corrected chi connectivity index (χ4v) is 2.46. The number of alkyl carbamates (subject to hydrolysis) is 1. The van der Waals surface area contributed by atoms with Gasteiger partial charge >= 0.3 is 6.09 Å². The van der Waals surface area contributed by atoms with E-state index in [1.165, 1.54) is 0 Å². The Morgan fingerprint density at radius 3 is 2.80 bits per heavy atom. The summed E-state index contributed by atoms with van der Waals surface area (Å²) in [4.78, 5) is 18.2.